The Morgan fingerprint density at radius 1 is 1.19 bits per heavy atom. The van der Waals surface area contributed by atoms with Gasteiger partial charge in [0.2, 0.25) is 0 Å². The molecule has 0 aliphatic heterocycles. The van der Waals surface area contributed by atoms with E-state index in [9.17, 15) is 0 Å². The van der Waals surface area contributed by atoms with Gasteiger partial charge in [0, 0.05) is 16.8 Å². The van der Waals surface area contributed by atoms with Gasteiger partial charge in [-0.15, -0.1) is 11.8 Å². The number of nitrogens with zero attached hydrogens (tertiary/aromatic N) is 1. The second-order valence-corrected chi connectivity index (χ2v) is 4.63. The molecule has 16 heavy (non-hydrogen) atoms. The standard InChI is InChI=1S/C12H13N2PS/c15-14-12-8-11(6-7-13-12)16-9-10-4-2-1-3-5-10/h1-8H,9,15H2,(H,13,14). The van der Waals surface area contributed by atoms with Crippen molar-refractivity contribution in [1.29, 1.82) is 0 Å². The zero-order chi connectivity index (χ0) is 11.2. The third-order valence-electron chi connectivity index (χ3n) is 2.13. The van der Waals surface area contributed by atoms with E-state index in [4.69, 9.17) is 0 Å². The van der Waals surface area contributed by atoms with Crippen LogP contribution in [0.25, 0.3) is 0 Å². The van der Waals surface area contributed by atoms with E-state index in [2.05, 4.69) is 43.7 Å². The molecule has 4 heteroatoms. The van der Waals surface area contributed by atoms with Gasteiger partial charge < -0.3 is 5.09 Å². The quantitative estimate of drug-likeness (QED) is 0.661. The van der Waals surface area contributed by atoms with E-state index < -0.39 is 0 Å². The molecule has 0 fully saturated rings. The summed E-state index contributed by atoms with van der Waals surface area (Å²) in [5, 5.41) is 2.96. The molecular formula is C12H13N2PS. The molecule has 0 bridgehead atoms. The van der Waals surface area contributed by atoms with E-state index >= 15 is 0 Å². The Morgan fingerprint density at radius 2 is 2.00 bits per heavy atom. The summed E-state index contributed by atoms with van der Waals surface area (Å²) in [5.41, 5.74) is 1.34. The molecule has 1 aromatic carbocycles. The molecule has 2 aromatic rings. The van der Waals surface area contributed by atoms with Crippen LogP contribution in [0.2, 0.25) is 0 Å². The summed E-state index contributed by atoms with van der Waals surface area (Å²) in [5.74, 6) is 1.87. The highest BCUT2D eigenvalue weighted by Gasteiger charge is 1.97. The van der Waals surface area contributed by atoms with Crippen molar-refractivity contribution in [2.45, 2.75) is 10.6 Å². The minimum atomic E-state index is 0.878. The van der Waals surface area contributed by atoms with E-state index in [1.54, 1.807) is 0 Å². The predicted molar refractivity (Wildman–Crippen MR) is 73.6 cm³/mol. The number of hydrogen-bond donors (Lipinski definition) is 1. The van der Waals surface area contributed by atoms with Gasteiger partial charge in [0.15, 0.2) is 0 Å². The number of benzene rings is 1. The zero-order valence-corrected chi connectivity index (χ0v) is 10.7. The van der Waals surface area contributed by atoms with Crippen molar-refractivity contribution >= 4 is 27.0 Å². The molecule has 0 saturated heterocycles. The van der Waals surface area contributed by atoms with Gasteiger partial charge in [-0.3, -0.25) is 0 Å². The van der Waals surface area contributed by atoms with Crippen molar-refractivity contribution in [1.82, 2.24) is 4.98 Å². The maximum Gasteiger partial charge on any atom is 0.129 e. The average molecular weight is 248 g/mol. The lowest BCUT2D eigenvalue weighted by atomic mass is 10.2. The van der Waals surface area contributed by atoms with Gasteiger partial charge >= 0.3 is 0 Å². The maximum absolute atomic E-state index is 4.17. The number of hydrogen-bond acceptors (Lipinski definition) is 3. The summed E-state index contributed by atoms with van der Waals surface area (Å²) in [6, 6.07) is 14.5. The van der Waals surface area contributed by atoms with E-state index in [0.717, 1.165) is 11.6 Å². The summed E-state index contributed by atoms with van der Waals surface area (Å²) < 4.78 is 0. The molecule has 1 aromatic heterocycles. The summed E-state index contributed by atoms with van der Waals surface area (Å²) >= 11 is 1.81. The molecule has 0 saturated carbocycles. The normalized spacial score (nSPS) is 10.1. The Morgan fingerprint density at radius 3 is 2.75 bits per heavy atom. The van der Waals surface area contributed by atoms with Crippen LogP contribution in [0.15, 0.2) is 53.6 Å². The van der Waals surface area contributed by atoms with Crippen LogP contribution in [0.5, 0.6) is 0 Å². The highest BCUT2D eigenvalue weighted by molar-refractivity contribution is 7.98. The van der Waals surface area contributed by atoms with Gasteiger partial charge in [-0.25, -0.2) is 4.98 Å². The molecule has 1 unspecified atom stereocenters. The van der Waals surface area contributed by atoms with Crippen LogP contribution in [0, 0.1) is 0 Å². The highest BCUT2D eigenvalue weighted by Crippen LogP contribution is 2.24. The molecular weight excluding hydrogens is 235 g/mol. The van der Waals surface area contributed by atoms with Crippen LogP contribution in [-0.2, 0) is 5.75 Å². The maximum atomic E-state index is 4.17. The van der Waals surface area contributed by atoms with E-state index in [1.165, 1.54) is 10.5 Å². The van der Waals surface area contributed by atoms with Gasteiger partial charge in [-0.1, -0.05) is 30.3 Å². The van der Waals surface area contributed by atoms with Gasteiger partial charge in [-0.05, 0) is 27.1 Å². The van der Waals surface area contributed by atoms with Crippen LogP contribution in [-0.4, -0.2) is 4.98 Å². The summed E-state index contributed by atoms with van der Waals surface area (Å²) in [7, 11) is 2.45. The Balaban J connectivity index is 1.99. The molecule has 0 aliphatic rings. The van der Waals surface area contributed by atoms with E-state index in [1.807, 2.05) is 36.2 Å². The lowest BCUT2D eigenvalue weighted by Gasteiger charge is -2.03. The lowest BCUT2D eigenvalue weighted by Crippen LogP contribution is -1.85. The van der Waals surface area contributed by atoms with Crippen LogP contribution in [0.3, 0.4) is 0 Å². The second-order valence-electron chi connectivity index (χ2n) is 3.30. The van der Waals surface area contributed by atoms with Crippen molar-refractivity contribution in [3.05, 3.63) is 54.2 Å². The molecule has 1 N–H and O–H groups in total. The van der Waals surface area contributed by atoms with Crippen molar-refractivity contribution in [3.63, 3.8) is 0 Å². The van der Waals surface area contributed by atoms with E-state index in [-0.39, 0.29) is 0 Å². The van der Waals surface area contributed by atoms with Crippen LogP contribution in [0.1, 0.15) is 5.56 Å². The Kier molecular flexibility index (Phi) is 4.20. The Hall–Kier alpha value is -1.05. The van der Waals surface area contributed by atoms with Gasteiger partial charge in [0.25, 0.3) is 0 Å². The minimum absolute atomic E-state index is 0.878. The number of nitrogens with one attached hydrogen (secondary N) is 1. The third kappa shape index (κ3) is 3.22. The molecule has 0 amide bonds. The molecule has 2 rings (SSSR count). The Bertz CT molecular complexity index is 448. The van der Waals surface area contributed by atoms with Crippen molar-refractivity contribution in [2.24, 2.45) is 0 Å². The smallest absolute Gasteiger partial charge is 0.129 e. The number of aromatic nitrogens is 1. The zero-order valence-electron chi connectivity index (χ0n) is 8.76. The average Bonchev–Trinajstić information content (AvgIpc) is 2.38. The highest BCUT2D eigenvalue weighted by atomic mass is 32.2. The van der Waals surface area contributed by atoms with Crippen LogP contribution >= 0.6 is 21.2 Å². The monoisotopic (exact) mass is 248 g/mol. The van der Waals surface area contributed by atoms with Crippen molar-refractivity contribution in [2.75, 3.05) is 5.09 Å². The van der Waals surface area contributed by atoms with Gasteiger partial charge in [-0.2, -0.15) is 0 Å². The second kappa shape index (κ2) is 5.88. The fourth-order valence-corrected chi connectivity index (χ4v) is 2.36. The van der Waals surface area contributed by atoms with Crippen LogP contribution < -0.4 is 5.09 Å². The summed E-state index contributed by atoms with van der Waals surface area (Å²) in [6.45, 7) is 0. The molecule has 2 nitrogen and oxygen atoms in total. The largest absolute Gasteiger partial charge is 0.355 e. The first-order valence-corrected chi connectivity index (χ1v) is 6.54. The van der Waals surface area contributed by atoms with E-state index in [0.29, 0.717) is 0 Å². The first-order chi connectivity index (χ1) is 7.88. The topological polar surface area (TPSA) is 24.9 Å². The molecule has 0 spiro atoms. The number of rotatable bonds is 4. The lowest BCUT2D eigenvalue weighted by molar-refractivity contribution is 1.27. The molecule has 0 aliphatic carbocycles. The summed E-state index contributed by atoms with van der Waals surface area (Å²) in [4.78, 5) is 5.39. The molecule has 82 valence electrons. The number of thioether (sulfide) groups is 1. The first-order valence-electron chi connectivity index (χ1n) is 4.98. The first kappa shape index (κ1) is 11.4. The van der Waals surface area contributed by atoms with Crippen molar-refractivity contribution in [3.8, 4) is 0 Å². The SMILES string of the molecule is PNc1cc(SCc2ccccc2)ccn1. The number of pyridine rings is 1. The summed E-state index contributed by atoms with van der Waals surface area (Å²) in [6.07, 6.45) is 1.82. The molecule has 0 radical (unpaired) electrons. The fourth-order valence-electron chi connectivity index (χ4n) is 1.32. The number of anilines is 1. The minimum Gasteiger partial charge on any atom is -0.355 e. The van der Waals surface area contributed by atoms with Crippen molar-refractivity contribution < 1.29 is 0 Å². The molecule has 1 atom stereocenters. The van der Waals surface area contributed by atoms with Gasteiger partial charge in [0.05, 0.1) is 0 Å². The third-order valence-corrected chi connectivity index (χ3v) is 3.49. The molecule has 1 heterocycles. The predicted octanol–water partition coefficient (Wildman–Crippen LogP) is 3.58. The Labute approximate surface area is 102 Å². The fraction of sp³-hybridized carbons (Fsp3) is 0.0833. The van der Waals surface area contributed by atoms with Crippen LogP contribution in [0.4, 0.5) is 5.82 Å². The van der Waals surface area contributed by atoms with Gasteiger partial charge in [0.1, 0.15) is 5.82 Å².